The predicted molar refractivity (Wildman–Crippen MR) is 105 cm³/mol. The first-order valence-electron chi connectivity index (χ1n) is 9.10. The molecule has 3 aliphatic heterocycles. The number of halogens is 1. The molecule has 140 valence electrons. The lowest BCUT2D eigenvalue weighted by molar-refractivity contribution is -0.123. The van der Waals surface area contributed by atoms with Gasteiger partial charge in [0.05, 0.1) is 31.1 Å². The van der Waals surface area contributed by atoms with Gasteiger partial charge in [-0.1, -0.05) is 15.9 Å². The molecule has 1 unspecified atom stereocenters. The van der Waals surface area contributed by atoms with Gasteiger partial charge in [0.25, 0.3) is 5.91 Å². The summed E-state index contributed by atoms with van der Waals surface area (Å²) < 4.78 is 5.29. The first-order valence-corrected chi connectivity index (χ1v) is 10.0. The number of piperidine rings is 1. The third kappa shape index (κ3) is 3.77. The molecule has 1 aromatic rings. The summed E-state index contributed by atoms with van der Waals surface area (Å²) in [6, 6.07) is 4.56. The molecule has 4 heterocycles. The van der Waals surface area contributed by atoms with Crippen LogP contribution < -0.4 is 4.90 Å². The number of pyridine rings is 1. The van der Waals surface area contributed by atoms with Crippen molar-refractivity contribution in [3.05, 3.63) is 18.3 Å². The highest BCUT2D eigenvalue weighted by atomic mass is 79.9. The van der Waals surface area contributed by atoms with Crippen molar-refractivity contribution in [1.82, 2.24) is 14.8 Å². The fourth-order valence-electron chi connectivity index (χ4n) is 3.60. The van der Waals surface area contributed by atoms with Crippen LogP contribution in [0, 0.1) is 0 Å². The number of carbonyl (C=O) groups excluding carboxylic acids is 1. The number of rotatable bonds is 3. The average molecular weight is 422 g/mol. The van der Waals surface area contributed by atoms with E-state index in [2.05, 4.69) is 41.8 Å². The lowest BCUT2D eigenvalue weighted by Gasteiger charge is -2.43. The van der Waals surface area contributed by atoms with E-state index in [-0.39, 0.29) is 10.7 Å². The Balaban J connectivity index is 1.39. The number of aromatic nitrogens is 1. The molecule has 0 aliphatic carbocycles. The van der Waals surface area contributed by atoms with E-state index in [1.54, 1.807) is 11.9 Å². The zero-order chi connectivity index (χ0) is 18.1. The number of likely N-dealkylation sites (tertiary alicyclic amines) is 1. The number of amides is 1. The molecule has 0 N–H and O–H groups in total. The van der Waals surface area contributed by atoms with Crippen LogP contribution in [0.5, 0.6) is 0 Å². The monoisotopic (exact) mass is 421 g/mol. The number of aliphatic imine (C=N–C) groups is 1. The summed E-state index contributed by atoms with van der Waals surface area (Å²) in [6.45, 7) is 6.58. The van der Waals surface area contributed by atoms with Gasteiger partial charge in [0, 0.05) is 51.0 Å². The van der Waals surface area contributed by atoms with Crippen molar-refractivity contribution < 1.29 is 9.53 Å². The van der Waals surface area contributed by atoms with Gasteiger partial charge < -0.3 is 14.5 Å². The molecule has 0 bridgehead atoms. The summed E-state index contributed by atoms with van der Waals surface area (Å²) >= 11 is 3.58. The molecule has 0 radical (unpaired) electrons. The smallest absolute Gasteiger partial charge is 0.268 e. The Morgan fingerprint density at radius 2 is 2.00 bits per heavy atom. The SMILES string of the molecule is CN1CC(Br)CC(=Nc2ccc(N3CCN(C4COC4)CC3)cn2)C1=O. The Hall–Kier alpha value is -1.51. The Morgan fingerprint density at radius 1 is 1.23 bits per heavy atom. The van der Waals surface area contributed by atoms with Crippen LogP contribution in [-0.4, -0.2) is 90.3 Å². The Bertz CT molecular complexity index is 683. The number of alkyl halides is 1. The topological polar surface area (TPSA) is 61.3 Å². The minimum atomic E-state index is -0.0114. The summed E-state index contributed by atoms with van der Waals surface area (Å²) in [4.78, 5) is 28.0. The van der Waals surface area contributed by atoms with E-state index in [0.717, 1.165) is 45.1 Å². The number of piperazine rings is 1. The standard InChI is InChI=1S/C18H24BrN5O2/c1-22-10-13(19)8-16(18(22)25)21-17-3-2-14(9-20-17)23-4-6-24(7-5-23)15-11-26-12-15/h2-3,9,13,15H,4-8,10-12H2,1H3. The summed E-state index contributed by atoms with van der Waals surface area (Å²) in [7, 11) is 1.80. The Labute approximate surface area is 162 Å². The molecule has 1 atom stereocenters. The van der Waals surface area contributed by atoms with Crippen LogP contribution in [0.1, 0.15) is 6.42 Å². The summed E-state index contributed by atoms with van der Waals surface area (Å²) in [5.74, 6) is 0.583. The van der Waals surface area contributed by atoms with Crippen LogP contribution >= 0.6 is 15.9 Å². The minimum Gasteiger partial charge on any atom is -0.378 e. The van der Waals surface area contributed by atoms with Crippen LogP contribution in [-0.2, 0) is 9.53 Å². The molecular formula is C18H24BrN5O2. The lowest BCUT2D eigenvalue weighted by atomic mass is 10.1. The van der Waals surface area contributed by atoms with E-state index in [1.165, 1.54) is 0 Å². The molecule has 26 heavy (non-hydrogen) atoms. The number of nitrogens with zero attached hydrogens (tertiary/aromatic N) is 5. The van der Waals surface area contributed by atoms with Gasteiger partial charge in [0.2, 0.25) is 0 Å². The number of carbonyl (C=O) groups is 1. The predicted octanol–water partition coefficient (Wildman–Crippen LogP) is 1.30. The molecule has 1 aromatic heterocycles. The highest BCUT2D eigenvalue weighted by molar-refractivity contribution is 9.09. The molecule has 0 spiro atoms. The third-order valence-electron chi connectivity index (χ3n) is 5.28. The van der Waals surface area contributed by atoms with Crippen LogP contribution in [0.3, 0.4) is 0 Å². The van der Waals surface area contributed by atoms with Gasteiger partial charge in [0.1, 0.15) is 5.71 Å². The van der Waals surface area contributed by atoms with Crippen LogP contribution in [0.15, 0.2) is 23.3 Å². The van der Waals surface area contributed by atoms with Gasteiger partial charge in [0.15, 0.2) is 5.82 Å². The Kier molecular flexibility index (Phi) is 5.24. The quantitative estimate of drug-likeness (QED) is 0.688. The zero-order valence-electron chi connectivity index (χ0n) is 15.0. The maximum atomic E-state index is 12.2. The van der Waals surface area contributed by atoms with E-state index in [1.807, 2.05) is 12.3 Å². The van der Waals surface area contributed by atoms with Crippen LogP contribution in [0.25, 0.3) is 0 Å². The fourth-order valence-corrected chi connectivity index (χ4v) is 4.35. The number of hydrogen-bond donors (Lipinski definition) is 0. The second-order valence-corrected chi connectivity index (χ2v) is 8.43. The van der Waals surface area contributed by atoms with Crippen molar-refractivity contribution in [1.29, 1.82) is 0 Å². The van der Waals surface area contributed by atoms with Crippen molar-refractivity contribution in [2.24, 2.45) is 4.99 Å². The molecule has 4 rings (SSSR count). The van der Waals surface area contributed by atoms with Gasteiger partial charge >= 0.3 is 0 Å². The van der Waals surface area contributed by atoms with E-state index in [9.17, 15) is 4.79 Å². The van der Waals surface area contributed by atoms with E-state index < -0.39 is 0 Å². The third-order valence-corrected chi connectivity index (χ3v) is 5.89. The average Bonchev–Trinajstić information content (AvgIpc) is 2.59. The second kappa shape index (κ2) is 7.62. The summed E-state index contributed by atoms with van der Waals surface area (Å²) in [6.07, 6.45) is 2.50. The number of ether oxygens (including phenoxy) is 1. The highest BCUT2D eigenvalue weighted by Crippen LogP contribution is 2.22. The molecule has 0 saturated carbocycles. The van der Waals surface area contributed by atoms with Crippen molar-refractivity contribution in [3.63, 3.8) is 0 Å². The molecule has 7 nitrogen and oxygen atoms in total. The first kappa shape index (κ1) is 17.9. The van der Waals surface area contributed by atoms with Gasteiger partial charge in [-0.05, 0) is 12.1 Å². The molecule has 8 heteroatoms. The van der Waals surface area contributed by atoms with Gasteiger partial charge in [-0.2, -0.15) is 0 Å². The van der Waals surface area contributed by atoms with Crippen molar-refractivity contribution in [2.45, 2.75) is 17.3 Å². The second-order valence-electron chi connectivity index (χ2n) is 7.13. The lowest BCUT2D eigenvalue weighted by Crippen LogP contribution is -2.56. The maximum absolute atomic E-state index is 12.2. The van der Waals surface area contributed by atoms with Gasteiger partial charge in [-0.3, -0.25) is 9.69 Å². The molecule has 3 saturated heterocycles. The van der Waals surface area contributed by atoms with Gasteiger partial charge in [-0.25, -0.2) is 9.98 Å². The largest absolute Gasteiger partial charge is 0.378 e. The van der Waals surface area contributed by atoms with Crippen LogP contribution in [0.2, 0.25) is 0 Å². The molecular weight excluding hydrogens is 398 g/mol. The van der Waals surface area contributed by atoms with E-state index in [4.69, 9.17) is 4.74 Å². The molecule has 0 aromatic carbocycles. The van der Waals surface area contributed by atoms with Crippen LogP contribution in [0.4, 0.5) is 11.5 Å². The van der Waals surface area contributed by atoms with Gasteiger partial charge in [-0.15, -0.1) is 0 Å². The van der Waals surface area contributed by atoms with Crippen molar-refractivity contribution in [3.8, 4) is 0 Å². The summed E-state index contributed by atoms with van der Waals surface area (Å²) in [5, 5.41) is 0. The highest BCUT2D eigenvalue weighted by Gasteiger charge is 2.29. The molecule has 3 fully saturated rings. The molecule has 3 aliphatic rings. The Morgan fingerprint density at radius 3 is 2.62 bits per heavy atom. The van der Waals surface area contributed by atoms with Crippen molar-refractivity contribution >= 4 is 39.1 Å². The summed E-state index contributed by atoms with van der Waals surface area (Å²) in [5.41, 5.74) is 1.68. The first-order chi connectivity index (χ1) is 12.6. The zero-order valence-corrected chi connectivity index (χ0v) is 16.6. The van der Waals surface area contributed by atoms with E-state index in [0.29, 0.717) is 30.5 Å². The minimum absolute atomic E-state index is 0.0114. The molecule has 1 amide bonds. The van der Waals surface area contributed by atoms with E-state index >= 15 is 0 Å². The maximum Gasteiger partial charge on any atom is 0.268 e. The fraction of sp³-hybridized carbons (Fsp3) is 0.611. The van der Waals surface area contributed by atoms with Crippen molar-refractivity contribution in [2.75, 3.05) is 57.9 Å². The number of hydrogen-bond acceptors (Lipinski definition) is 6. The normalized spacial score (nSPS) is 27.1. The number of anilines is 1.